The fourth-order valence-corrected chi connectivity index (χ4v) is 6.29. The number of hydrogen-bond donors (Lipinski definition) is 1. The van der Waals surface area contributed by atoms with Crippen LogP contribution in [0.25, 0.3) is 0 Å². The number of rotatable bonds is 5. The van der Waals surface area contributed by atoms with Crippen molar-refractivity contribution >= 4 is 23.7 Å². The number of carboxylic acids is 1. The largest absolute Gasteiger partial charge is 0.481 e. The van der Waals surface area contributed by atoms with E-state index < -0.39 is 42.5 Å². The summed E-state index contributed by atoms with van der Waals surface area (Å²) in [5.74, 6) is -2.51. The smallest absolute Gasteiger partial charge is 0.344 e. The van der Waals surface area contributed by atoms with Crippen LogP contribution < -0.4 is 0 Å². The monoisotopic (exact) mass is 378 g/mol. The van der Waals surface area contributed by atoms with E-state index in [1.807, 2.05) is 0 Å². The van der Waals surface area contributed by atoms with Gasteiger partial charge in [-0.1, -0.05) is 6.42 Å². The average molecular weight is 378 g/mol. The number of ketones is 1. The summed E-state index contributed by atoms with van der Waals surface area (Å²) in [6.45, 7) is -0.516. The number of carbonyl (C=O) groups excluding carboxylic acids is 3. The topological polar surface area (TPSA) is 107 Å². The molecular weight excluding hydrogens is 352 g/mol. The molecule has 0 spiro atoms. The van der Waals surface area contributed by atoms with Crippen LogP contribution in [0.2, 0.25) is 0 Å². The molecule has 27 heavy (non-hydrogen) atoms. The average Bonchev–Trinajstić information content (AvgIpc) is 3.30. The summed E-state index contributed by atoms with van der Waals surface area (Å²) in [5.41, 5.74) is 0. The van der Waals surface area contributed by atoms with Crippen LogP contribution >= 0.6 is 0 Å². The van der Waals surface area contributed by atoms with Gasteiger partial charge in [-0.15, -0.1) is 0 Å². The minimum absolute atomic E-state index is 0.0535. The van der Waals surface area contributed by atoms with Crippen molar-refractivity contribution in [1.82, 2.24) is 0 Å². The number of carboxylic acid groups (broad SMARTS) is 1. The number of hydrogen-bond acceptors (Lipinski definition) is 6. The highest BCUT2D eigenvalue weighted by atomic mass is 16.6. The second-order valence-corrected chi connectivity index (χ2v) is 8.57. The molecule has 0 aromatic rings. The summed E-state index contributed by atoms with van der Waals surface area (Å²) >= 11 is 0. The first-order valence-corrected chi connectivity index (χ1v) is 10.1. The normalized spacial score (nSPS) is 39.9. The van der Waals surface area contributed by atoms with Crippen LogP contribution in [0.15, 0.2) is 0 Å². The molecular formula is C20H26O7. The zero-order valence-electron chi connectivity index (χ0n) is 15.3. The van der Waals surface area contributed by atoms with Gasteiger partial charge in [-0.25, -0.2) is 4.79 Å². The lowest BCUT2D eigenvalue weighted by molar-refractivity contribution is -0.170. The van der Waals surface area contributed by atoms with Crippen LogP contribution in [0, 0.1) is 35.5 Å². The fourth-order valence-electron chi connectivity index (χ4n) is 6.29. The predicted molar refractivity (Wildman–Crippen MR) is 91.4 cm³/mol. The molecule has 4 rings (SSSR count). The quantitative estimate of drug-likeness (QED) is 0.729. The zero-order chi connectivity index (χ0) is 19.1. The molecule has 0 heterocycles. The lowest BCUT2D eigenvalue weighted by atomic mass is 9.69. The summed E-state index contributed by atoms with van der Waals surface area (Å²) in [6, 6.07) is 0. The minimum Gasteiger partial charge on any atom is -0.481 e. The molecule has 7 unspecified atom stereocenters. The van der Waals surface area contributed by atoms with Gasteiger partial charge in [-0.05, 0) is 55.8 Å². The van der Waals surface area contributed by atoms with E-state index in [1.165, 1.54) is 0 Å². The fraction of sp³-hybridized carbons (Fsp3) is 0.800. The summed E-state index contributed by atoms with van der Waals surface area (Å²) < 4.78 is 10.4. The Kier molecular flexibility index (Phi) is 4.95. The molecule has 0 amide bonds. The van der Waals surface area contributed by atoms with Gasteiger partial charge in [0.25, 0.3) is 0 Å². The first-order chi connectivity index (χ1) is 13.0. The Morgan fingerprint density at radius 2 is 1.67 bits per heavy atom. The predicted octanol–water partition coefficient (Wildman–Crippen LogP) is 1.97. The SMILES string of the molecule is O=C1CCCC(OC(=O)COC(=O)C2C3CC(C4CCCC43)C2C(=O)O)C1. The van der Waals surface area contributed by atoms with E-state index in [1.54, 1.807) is 0 Å². The Morgan fingerprint density at radius 1 is 0.963 bits per heavy atom. The van der Waals surface area contributed by atoms with Gasteiger partial charge in [0.2, 0.25) is 0 Å². The lowest BCUT2D eigenvalue weighted by Crippen LogP contribution is -2.42. The van der Waals surface area contributed by atoms with Gasteiger partial charge in [0.05, 0.1) is 11.8 Å². The zero-order valence-corrected chi connectivity index (χ0v) is 15.3. The van der Waals surface area contributed by atoms with Gasteiger partial charge in [0.15, 0.2) is 6.61 Å². The van der Waals surface area contributed by atoms with E-state index in [9.17, 15) is 24.3 Å². The molecule has 0 aliphatic heterocycles. The highest BCUT2D eigenvalue weighted by Crippen LogP contribution is 2.63. The molecule has 4 saturated carbocycles. The van der Waals surface area contributed by atoms with E-state index >= 15 is 0 Å². The highest BCUT2D eigenvalue weighted by molar-refractivity contribution is 5.85. The number of esters is 2. The number of aliphatic carboxylic acids is 1. The molecule has 0 radical (unpaired) electrons. The third-order valence-corrected chi connectivity index (χ3v) is 7.20. The Hall–Kier alpha value is -1.92. The molecule has 7 nitrogen and oxygen atoms in total. The summed E-state index contributed by atoms with van der Waals surface area (Å²) in [4.78, 5) is 47.8. The van der Waals surface area contributed by atoms with E-state index in [2.05, 4.69) is 0 Å². The molecule has 7 atom stereocenters. The Balaban J connectivity index is 1.34. The first-order valence-electron chi connectivity index (χ1n) is 10.1. The van der Waals surface area contributed by atoms with Crippen molar-refractivity contribution in [3.63, 3.8) is 0 Å². The van der Waals surface area contributed by atoms with Crippen LogP contribution in [0.4, 0.5) is 0 Å². The van der Waals surface area contributed by atoms with Crippen molar-refractivity contribution in [1.29, 1.82) is 0 Å². The molecule has 4 aliphatic carbocycles. The number of fused-ring (bicyclic) bond motifs is 5. The van der Waals surface area contributed by atoms with Crippen LogP contribution in [0.5, 0.6) is 0 Å². The van der Waals surface area contributed by atoms with Crippen molar-refractivity contribution in [2.24, 2.45) is 35.5 Å². The van der Waals surface area contributed by atoms with Crippen molar-refractivity contribution in [2.75, 3.05) is 6.61 Å². The first kappa shape index (κ1) is 18.4. The molecule has 148 valence electrons. The third-order valence-electron chi connectivity index (χ3n) is 7.20. The second kappa shape index (κ2) is 7.24. The molecule has 1 N–H and O–H groups in total. The molecule has 7 heteroatoms. The summed E-state index contributed by atoms with van der Waals surface area (Å²) in [7, 11) is 0. The number of carbonyl (C=O) groups is 4. The molecule has 0 aromatic carbocycles. The van der Waals surface area contributed by atoms with Gasteiger partial charge in [0, 0.05) is 12.8 Å². The molecule has 4 fully saturated rings. The Labute approximate surface area is 157 Å². The maximum atomic E-state index is 12.6. The number of Topliss-reactive ketones (excluding diaryl/α,β-unsaturated/α-hetero) is 1. The van der Waals surface area contributed by atoms with E-state index in [4.69, 9.17) is 9.47 Å². The summed E-state index contributed by atoms with van der Waals surface area (Å²) in [5, 5.41) is 9.66. The van der Waals surface area contributed by atoms with Crippen LogP contribution in [0.1, 0.15) is 51.4 Å². The van der Waals surface area contributed by atoms with E-state index in [-0.39, 0.29) is 24.0 Å². The lowest BCUT2D eigenvalue weighted by Gasteiger charge is -2.34. The van der Waals surface area contributed by atoms with Gasteiger partial charge in [-0.3, -0.25) is 14.4 Å². The minimum atomic E-state index is -0.932. The Morgan fingerprint density at radius 3 is 2.33 bits per heavy atom. The highest BCUT2D eigenvalue weighted by Gasteiger charge is 2.63. The van der Waals surface area contributed by atoms with Crippen molar-refractivity contribution in [3.05, 3.63) is 0 Å². The van der Waals surface area contributed by atoms with Crippen molar-refractivity contribution in [2.45, 2.75) is 57.5 Å². The second-order valence-electron chi connectivity index (χ2n) is 8.57. The number of ether oxygens (including phenoxy) is 2. The summed E-state index contributed by atoms with van der Waals surface area (Å²) in [6.07, 6.45) is 5.63. The van der Waals surface area contributed by atoms with Crippen molar-refractivity contribution in [3.8, 4) is 0 Å². The van der Waals surface area contributed by atoms with Crippen molar-refractivity contribution < 1.29 is 33.8 Å². The van der Waals surface area contributed by atoms with Crippen LogP contribution in [-0.4, -0.2) is 41.5 Å². The van der Waals surface area contributed by atoms with Crippen LogP contribution in [-0.2, 0) is 28.7 Å². The standard InChI is InChI=1S/C20H26O7/c21-10-3-1-4-11(7-10)27-16(22)9-26-20(25)18-15-8-14(17(18)19(23)24)12-5-2-6-13(12)15/h11-15,17-18H,1-9H2,(H,23,24). The Bertz CT molecular complexity index is 657. The van der Waals surface area contributed by atoms with Gasteiger partial charge in [-0.2, -0.15) is 0 Å². The van der Waals surface area contributed by atoms with Gasteiger partial charge in [0.1, 0.15) is 11.9 Å². The molecule has 0 saturated heterocycles. The maximum absolute atomic E-state index is 12.6. The van der Waals surface area contributed by atoms with E-state index in [0.717, 1.165) is 25.7 Å². The molecule has 0 aromatic heterocycles. The maximum Gasteiger partial charge on any atom is 0.344 e. The third kappa shape index (κ3) is 3.36. The van der Waals surface area contributed by atoms with Gasteiger partial charge >= 0.3 is 17.9 Å². The van der Waals surface area contributed by atoms with Crippen LogP contribution in [0.3, 0.4) is 0 Å². The molecule has 2 bridgehead atoms. The van der Waals surface area contributed by atoms with E-state index in [0.29, 0.717) is 31.1 Å². The van der Waals surface area contributed by atoms with Gasteiger partial charge < -0.3 is 14.6 Å². The molecule has 4 aliphatic rings.